The molecule has 8 heteroatoms. The van der Waals surface area contributed by atoms with Gasteiger partial charge in [0.15, 0.2) is 0 Å². The first-order valence-electron chi connectivity index (χ1n) is 13.4. The van der Waals surface area contributed by atoms with Crippen LogP contribution in [0.4, 0.5) is 0 Å². The van der Waals surface area contributed by atoms with E-state index in [0.717, 1.165) is 40.7 Å². The highest BCUT2D eigenvalue weighted by atomic mass is 16.5. The smallest absolute Gasteiger partial charge is 0.329 e. The van der Waals surface area contributed by atoms with Crippen LogP contribution in [0.2, 0.25) is 0 Å². The molecule has 202 valence electrons. The Morgan fingerprint density at radius 3 is 2.28 bits per heavy atom. The fraction of sp³-hybridized carbons (Fsp3) is 0.323. The van der Waals surface area contributed by atoms with Gasteiger partial charge in [-0.3, -0.25) is 4.79 Å². The molecule has 0 aliphatic heterocycles. The second-order valence-electron chi connectivity index (χ2n) is 9.89. The van der Waals surface area contributed by atoms with E-state index in [-0.39, 0.29) is 25.0 Å². The molecular weight excluding hydrogens is 490 g/mol. The number of hydrogen-bond donors (Lipinski definition) is 1. The van der Waals surface area contributed by atoms with Crippen molar-refractivity contribution in [3.05, 3.63) is 90.0 Å². The number of aromatic nitrogens is 4. The molecule has 4 rings (SSSR count). The Hall–Kier alpha value is -4.33. The molecule has 0 bridgehead atoms. The molecule has 4 aromatic rings. The minimum Gasteiger partial charge on any atom is -0.459 e. The van der Waals surface area contributed by atoms with Gasteiger partial charge in [0.2, 0.25) is 11.7 Å². The molecule has 3 aromatic carbocycles. The Morgan fingerprint density at radius 1 is 0.923 bits per heavy atom. The van der Waals surface area contributed by atoms with E-state index in [4.69, 9.17) is 4.74 Å². The van der Waals surface area contributed by atoms with Crippen molar-refractivity contribution in [1.29, 1.82) is 0 Å². The molecule has 0 aliphatic carbocycles. The molecule has 0 spiro atoms. The van der Waals surface area contributed by atoms with E-state index < -0.39 is 12.0 Å². The summed E-state index contributed by atoms with van der Waals surface area (Å²) >= 11 is 0. The molecular formula is C31H35N5O3. The maximum atomic E-state index is 13.5. The second-order valence-corrected chi connectivity index (χ2v) is 9.89. The number of rotatable bonds is 12. The highest BCUT2D eigenvalue weighted by Crippen LogP contribution is 2.31. The number of carbonyl (C=O) groups excluding carboxylic acids is 2. The Kier molecular flexibility index (Phi) is 9.56. The highest BCUT2D eigenvalue weighted by Gasteiger charge is 2.34. The van der Waals surface area contributed by atoms with E-state index in [1.165, 1.54) is 0 Å². The zero-order valence-corrected chi connectivity index (χ0v) is 22.7. The monoisotopic (exact) mass is 525 g/mol. The van der Waals surface area contributed by atoms with Gasteiger partial charge in [0.05, 0.1) is 0 Å². The van der Waals surface area contributed by atoms with Crippen molar-refractivity contribution in [1.82, 2.24) is 25.5 Å². The summed E-state index contributed by atoms with van der Waals surface area (Å²) in [6.45, 7) is 6.35. The maximum Gasteiger partial charge on any atom is 0.329 e. The van der Waals surface area contributed by atoms with Crippen LogP contribution in [0.25, 0.3) is 22.5 Å². The van der Waals surface area contributed by atoms with Crippen molar-refractivity contribution in [3.8, 4) is 22.5 Å². The van der Waals surface area contributed by atoms with Crippen molar-refractivity contribution in [3.63, 3.8) is 0 Å². The Labute approximate surface area is 229 Å². The molecule has 1 heterocycles. The number of unbranched alkanes of at least 4 members (excludes halogenated alkanes) is 1. The van der Waals surface area contributed by atoms with Gasteiger partial charge >= 0.3 is 5.97 Å². The van der Waals surface area contributed by atoms with Crippen molar-refractivity contribution < 1.29 is 14.3 Å². The quantitative estimate of drug-likeness (QED) is 0.234. The fourth-order valence-corrected chi connectivity index (χ4v) is 4.60. The van der Waals surface area contributed by atoms with Gasteiger partial charge in [-0.1, -0.05) is 100.0 Å². The molecule has 0 saturated carbocycles. The second kappa shape index (κ2) is 13.5. The van der Waals surface area contributed by atoms with Gasteiger partial charge in [-0.15, -0.1) is 10.2 Å². The minimum absolute atomic E-state index is 0.0690. The van der Waals surface area contributed by atoms with Gasteiger partial charge in [0.1, 0.15) is 12.6 Å². The topological polar surface area (TPSA) is 101 Å². The maximum absolute atomic E-state index is 13.5. The molecule has 8 nitrogen and oxygen atoms in total. The van der Waals surface area contributed by atoms with E-state index in [0.29, 0.717) is 12.2 Å². The summed E-state index contributed by atoms with van der Waals surface area (Å²) in [4.78, 5) is 28.6. The van der Waals surface area contributed by atoms with Crippen LogP contribution in [0.15, 0.2) is 78.9 Å². The average molecular weight is 526 g/mol. The summed E-state index contributed by atoms with van der Waals surface area (Å²) in [7, 11) is 0. The van der Waals surface area contributed by atoms with Crippen LogP contribution in [0.5, 0.6) is 0 Å². The van der Waals surface area contributed by atoms with Gasteiger partial charge in [-0.2, -0.15) is 5.21 Å². The fourth-order valence-electron chi connectivity index (χ4n) is 4.60. The largest absolute Gasteiger partial charge is 0.459 e. The zero-order chi connectivity index (χ0) is 27.6. The Balaban J connectivity index is 1.66. The number of carbonyl (C=O) groups is 2. The summed E-state index contributed by atoms with van der Waals surface area (Å²) in [6, 6.07) is 24.8. The molecule has 39 heavy (non-hydrogen) atoms. The number of amides is 1. The zero-order valence-electron chi connectivity index (χ0n) is 22.7. The molecule has 0 unspecified atom stereocenters. The van der Waals surface area contributed by atoms with Crippen LogP contribution in [-0.2, 0) is 27.5 Å². The number of esters is 1. The van der Waals surface area contributed by atoms with E-state index in [9.17, 15) is 9.59 Å². The van der Waals surface area contributed by atoms with Crippen LogP contribution >= 0.6 is 0 Å². The van der Waals surface area contributed by atoms with Crippen LogP contribution in [0, 0.1) is 5.92 Å². The SMILES string of the molecule is CCCCC(=O)N(Cc1ccc(-c2ccccc2)c(-c2nn[nH]n2)c1)[C@H](C(=O)OCc1ccccc1)C(C)C. The van der Waals surface area contributed by atoms with E-state index in [2.05, 4.69) is 20.6 Å². The van der Waals surface area contributed by atoms with E-state index in [1.807, 2.05) is 99.6 Å². The minimum atomic E-state index is -0.722. The summed E-state index contributed by atoms with van der Waals surface area (Å²) in [5, 5.41) is 14.7. The van der Waals surface area contributed by atoms with Gasteiger partial charge in [-0.25, -0.2) is 4.79 Å². The van der Waals surface area contributed by atoms with Crippen LogP contribution in [0.1, 0.15) is 51.2 Å². The number of nitrogens with zero attached hydrogens (tertiary/aromatic N) is 4. The first-order valence-corrected chi connectivity index (χ1v) is 13.4. The van der Waals surface area contributed by atoms with Crippen LogP contribution in [0.3, 0.4) is 0 Å². The first-order chi connectivity index (χ1) is 19.0. The third-order valence-corrected chi connectivity index (χ3v) is 6.61. The lowest BCUT2D eigenvalue weighted by Crippen LogP contribution is -2.48. The number of H-pyrrole nitrogens is 1. The normalized spacial score (nSPS) is 11.8. The molecule has 0 radical (unpaired) electrons. The Morgan fingerprint density at radius 2 is 1.64 bits per heavy atom. The van der Waals surface area contributed by atoms with Gasteiger partial charge < -0.3 is 9.64 Å². The number of tetrazole rings is 1. The highest BCUT2D eigenvalue weighted by molar-refractivity contribution is 5.85. The third kappa shape index (κ3) is 7.16. The van der Waals surface area contributed by atoms with Gasteiger partial charge in [0, 0.05) is 18.5 Å². The Bertz CT molecular complexity index is 1340. The first kappa shape index (κ1) is 27.7. The van der Waals surface area contributed by atoms with E-state index in [1.54, 1.807) is 4.90 Å². The predicted octanol–water partition coefficient (Wildman–Crippen LogP) is 5.82. The van der Waals surface area contributed by atoms with Crippen molar-refractivity contribution in [2.75, 3.05) is 0 Å². The standard InChI is InChI=1S/C31H35N5O3/c1-4-5-16-28(37)36(29(22(2)3)31(38)39-21-23-12-8-6-9-13-23)20-24-17-18-26(25-14-10-7-11-15-25)27(19-24)30-32-34-35-33-30/h6-15,17-19,22,29H,4-5,16,20-21H2,1-3H3,(H,32,33,34,35)/t29-/m0/s1. The molecule has 0 aliphatic rings. The van der Waals surface area contributed by atoms with E-state index >= 15 is 0 Å². The van der Waals surface area contributed by atoms with Gasteiger partial charge in [0.25, 0.3) is 0 Å². The number of aromatic amines is 1. The molecule has 0 saturated heterocycles. The van der Waals surface area contributed by atoms with Crippen molar-refractivity contribution >= 4 is 11.9 Å². The summed E-state index contributed by atoms with van der Waals surface area (Å²) < 4.78 is 5.72. The lowest BCUT2D eigenvalue weighted by Gasteiger charge is -2.33. The third-order valence-electron chi connectivity index (χ3n) is 6.61. The van der Waals surface area contributed by atoms with Gasteiger partial charge in [-0.05, 0) is 45.9 Å². The van der Waals surface area contributed by atoms with Crippen molar-refractivity contribution in [2.45, 2.75) is 59.2 Å². The number of ether oxygens (including phenoxy) is 1. The molecule has 1 N–H and O–H groups in total. The molecule has 0 fully saturated rings. The number of nitrogens with one attached hydrogen (secondary N) is 1. The predicted molar refractivity (Wildman–Crippen MR) is 150 cm³/mol. The lowest BCUT2D eigenvalue weighted by atomic mass is 9.96. The van der Waals surface area contributed by atoms with Crippen molar-refractivity contribution in [2.24, 2.45) is 5.92 Å². The summed E-state index contributed by atoms with van der Waals surface area (Å²) in [5.41, 5.74) is 4.53. The van der Waals surface area contributed by atoms with Crippen LogP contribution in [-0.4, -0.2) is 43.4 Å². The molecule has 1 amide bonds. The molecule has 1 aromatic heterocycles. The lowest BCUT2D eigenvalue weighted by molar-refractivity contribution is -0.159. The number of hydrogen-bond acceptors (Lipinski definition) is 6. The summed E-state index contributed by atoms with van der Waals surface area (Å²) in [5.74, 6) is -0.153. The molecule has 1 atom stereocenters. The number of benzene rings is 3. The average Bonchev–Trinajstić information content (AvgIpc) is 3.50. The summed E-state index contributed by atoms with van der Waals surface area (Å²) in [6.07, 6.45) is 2.00. The van der Waals surface area contributed by atoms with Crippen LogP contribution < -0.4 is 0 Å².